The second kappa shape index (κ2) is 6.05. The summed E-state index contributed by atoms with van der Waals surface area (Å²) < 4.78 is 63.4. The maximum atomic E-state index is 13.1. The van der Waals surface area contributed by atoms with E-state index in [1.54, 1.807) is 0 Å². The van der Waals surface area contributed by atoms with Gasteiger partial charge in [0.2, 0.25) is 0 Å². The Morgan fingerprint density at radius 1 is 1.30 bits per heavy atom. The molecule has 1 saturated heterocycles. The predicted molar refractivity (Wildman–Crippen MR) is 79.4 cm³/mol. The van der Waals surface area contributed by atoms with E-state index in [1.807, 2.05) is 4.90 Å². The highest BCUT2D eigenvalue weighted by Gasteiger charge is 2.41. The highest BCUT2D eigenvalue weighted by molar-refractivity contribution is 7.91. The predicted octanol–water partition coefficient (Wildman–Crippen LogP) is 2.50. The lowest BCUT2D eigenvalue weighted by Gasteiger charge is -2.29. The molecule has 0 N–H and O–H groups in total. The van der Waals surface area contributed by atoms with Crippen LogP contribution in [0.15, 0.2) is 18.3 Å². The molecule has 0 bridgehead atoms. The van der Waals surface area contributed by atoms with Crippen LogP contribution in [0.25, 0.3) is 0 Å². The Morgan fingerprint density at radius 2 is 2.04 bits per heavy atom. The van der Waals surface area contributed by atoms with E-state index in [2.05, 4.69) is 4.98 Å². The number of halogens is 3. The van der Waals surface area contributed by atoms with Crippen molar-refractivity contribution in [2.45, 2.75) is 38.0 Å². The Labute approximate surface area is 133 Å². The number of pyridine rings is 1. The number of hydrogen-bond acceptors (Lipinski definition) is 4. The van der Waals surface area contributed by atoms with E-state index in [9.17, 15) is 21.6 Å². The Balaban J connectivity index is 1.86. The van der Waals surface area contributed by atoms with Crippen LogP contribution in [-0.4, -0.2) is 42.4 Å². The third-order valence-electron chi connectivity index (χ3n) is 4.51. The molecule has 0 aromatic carbocycles. The number of sulfone groups is 1. The summed E-state index contributed by atoms with van der Waals surface area (Å²) in [6.45, 7) is 0.542. The summed E-state index contributed by atoms with van der Waals surface area (Å²) in [5, 5.41) is 0. The fourth-order valence-corrected chi connectivity index (χ4v) is 4.97. The molecule has 1 aliphatic carbocycles. The highest BCUT2D eigenvalue weighted by Crippen LogP contribution is 2.38. The van der Waals surface area contributed by atoms with E-state index in [1.165, 1.54) is 12.3 Å². The van der Waals surface area contributed by atoms with Crippen LogP contribution in [0.2, 0.25) is 0 Å². The smallest absolute Gasteiger partial charge is 0.293 e. The van der Waals surface area contributed by atoms with Gasteiger partial charge in [0.25, 0.3) is 0 Å². The molecule has 4 nitrogen and oxygen atoms in total. The zero-order valence-electron chi connectivity index (χ0n) is 12.6. The largest absolute Gasteiger partial charge is 0.418 e. The molecule has 0 amide bonds. The average Bonchev–Trinajstić information content (AvgIpc) is 3.27. The van der Waals surface area contributed by atoms with Gasteiger partial charge in [-0.1, -0.05) is 0 Å². The van der Waals surface area contributed by atoms with Crippen LogP contribution in [-0.2, 0) is 22.6 Å². The van der Waals surface area contributed by atoms with Gasteiger partial charge in [-0.05, 0) is 43.9 Å². The van der Waals surface area contributed by atoms with Crippen molar-refractivity contribution >= 4 is 9.84 Å². The van der Waals surface area contributed by atoms with Crippen LogP contribution in [0.3, 0.4) is 0 Å². The van der Waals surface area contributed by atoms with Gasteiger partial charge in [0.15, 0.2) is 9.84 Å². The first-order chi connectivity index (χ1) is 10.8. The first-order valence-electron chi connectivity index (χ1n) is 7.72. The third-order valence-corrected chi connectivity index (χ3v) is 6.27. The molecule has 0 radical (unpaired) electrons. The first-order valence-corrected chi connectivity index (χ1v) is 9.54. The minimum Gasteiger partial charge on any atom is -0.293 e. The molecule has 1 atom stereocenters. The highest BCUT2D eigenvalue weighted by atomic mass is 32.2. The van der Waals surface area contributed by atoms with Crippen molar-refractivity contribution in [1.29, 1.82) is 0 Å². The summed E-state index contributed by atoms with van der Waals surface area (Å²) >= 11 is 0. The molecule has 23 heavy (non-hydrogen) atoms. The van der Waals surface area contributed by atoms with Gasteiger partial charge in [0.1, 0.15) is 0 Å². The van der Waals surface area contributed by atoms with Gasteiger partial charge in [-0.25, -0.2) is 8.42 Å². The second-order valence-corrected chi connectivity index (χ2v) is 8.57. The zero-order chi connectivity index (χ0) is 16.7. The molecule has 2 heterocycles. The van der Waals surface area contributed by atoms with E-state index in [0.717, 1.165) is 18.9 Å². The van der Waals surface area contributed by atoms with Crippen molar-refractivity contribution in [1.82, 2.24) is 9.88 Å². The minimum atomic E-state index is -4.45. The molecule has 1 unspecified atom stereocenters. The lowest BCUT2D eigenvalue weighted by atomic mass is 10.1. The van der Waals surface area contributed by atoms with Crippen LogP contribution in [0.1, 0.15) is 30.5 Å². The fourth-order valence-electron chi connectivity index (χ4n) is 3.23. The minimum absolute atomic E-state index is 0.0232. The van der Waals surface area contributed by atoms with Crippen molar-refractivity contribution < 1.29 is 21.6 Å². The molecule has 0 spiro atoms. The van der Waals surface area contributed by atoms with Gasteiger partial charge in [0, 0.05) is 18.8 Å². The van der Waals surface area contributed by atoms with Crippen LogP contribution in [0, 0.1) is 5.92 Å². The lowest BCUT2D eigenvalue weighted by Crippen LogP contribution is -2.40. The number of aromatic nitrogens is 1. The Kier molecular flexibility index (Phi) is 4.39. The molecule has 3 rings (SSSR count). The van der Waals surface area contributed by atoms with Crippen molar-refractivity contribution in [3.63, 3.8) is 0 Å². The zero-order valence-corrected chi connectivity index (χ0v) is 13.4. The Hall–Kier alpha value is -1.15. The van der Waals surface area contributed by atoms with E-state index in [0.29, 0.717) is 13.0 Å². The van der Waals surface area contributed by atoms with Gasteiger partial charge in [-0.2, -0.15) is 13.2 Å². The quantitative estimate of drug-likeness (QED) is 0.842. The Bertz CT molecular complexity index is 672. The first kappa shape index (κ1) is 16.7. The van der Waals surface area contributed by atoms with Crippen LogP contribution >= 0.6 is 0 Å². The summed E-state index contributed by atoms with van der Waals surface area (Å²) in [6.07, 6.45) is -0.738. The van der Waals surface area contributed by atoms with Crippen molar-refractivity contribution in [2.24, 2.45) is 5.92 Å². The molecular weight excluding hydrogens is 329 g/mol. The molecular formula is C15H19F3N2O2S. The van der Waals surface area contributed by atoms with Crippen LogP contribution < -0.4 is 0 Å². The number of hydrogen-bond donors (Lipinski definition) is 0. The van der Waals surface area contributed by atoms with E-state index in [4.69, 9.17) is 0 Å². The van der Waals surface area contributed by atoms with Crippen molar-refractivity contribution in [3.8, 4) is 0 Å². The van der Waals surface area contributed by atoms with Crippen molar-refractivity contribution in [3.05, 3.63) is 29.6 Å². The summed E-state index contributed by atoms with van der Waals surface area (Å²) in [6, 6.07) is 2.12. The maximum Gasteiger partial charge on any atom is 0.418 e. The Morgan fingerprint density at radius 3 is 2.70 bits per heavy atom. The summed E-state index contributed by atoms with van der Waals surface area (Å²) in [7, 11) is -3.12. The molecule has 2 fully saturated rings. The van der Waals surface area contributed by atoms with Gasteiger partial charge in [0.05, 0.1) is 22.8 Å². The van der Waals surface area contributed by atoms with Crippen LogP contribution in [0.5, 0.6) is 0 Å². The van der Waals surface area contributed by atoms with Gasteiger partial charge >= 0.3 is 6.18 Å². The topological polar surface area (TPSA) is 50.3 Å². The standard InChI is InChI=1S/C15H19F3N2O2S/c16-15(17,18)12-3-1-6-19-13(12)9-20-7-2-8-23(21,22)10-14(20)11-4-5-11/h1,3,6,11,14H,2,4-5,7-10H2. The molecule has 8 heteroatoms. The maximum absolute atomic E-state index is 13.1. The average molecular weight is 348 g/mol. The lowest BCUT2D eigenvalue weighted by molar-refractivity contribution is -0.138. The fraction of sp³-hybridized carbons (Fsp3) is 0.667. The van der Waals surface area contributed by atoms with Gasteiger partial charge in [-0.15, -0.1) is 0 Å². The molecule has 1 aromatic heterocycles. The number of alkyl halides is 3. The number of nitrogens with zero attached hydrogens (tertiary/aromatic N) is 2. The third kappa shape index (κ3) is 4.03. The molecule has 1 aliphatic heterocycles. The monoisotopic (exact) mass is 348 g/mol. The molecule has 1 aromatic rings. The van der Waals surface area contributed by atoms with E-state index < -0.39 is 21.6 Å². The van der Waals surface area contributed by atoms with E-state index in [-0.39, 0.29) is 35.7 Å². The van der Waals surface area contributed by atoms with E-state index >= 15 is 0 Å². The summed E-state index contributed by atoms with van der Waals surface area (Å²) in [5.74, 6) is 0.438. The van der Waals surface area contributed by atoms with Crippen molar-refractivity contribution in [2.75, 3.05) is 18.1 Å². The molecule has 1 saturated carbocycles. The molecule has 2 aliphatic rings. The SMILES string of the molecule is O=S1(=O)CCCN(Cc2ncccc2C(F)(F)F)C(C2CC2)C1. The normalized spacial score (nSPS) is 26.0. The van der Waals surface area contributed by atoms with Crippen LogP contribution in [0.4, 0.5) is 13.2 Å². The summed E-state index contributed by atoms with van der Waals surface area (Å²) in [5.41, 5.74) is -0.758. The summed E-state index contributed by atoms with van der Waals surface area (Å²) in [4.78, 5) is 5.80. The second-order valence-electron chi connectivity index (χ2n) is 6.34. The van der Waals surface area contributed by atoms with Gasteiger partial charge in [-0.3, -0.25) is 9.88 Å². The molecule has 128 valence electrons. The van der Waals surface area contributed by atoms with Gasteiger partial charge < -0.3 is 0 Å². The number of rotatable bonds is 3.